The molecule has 0 aromatic heterocycles. The first kappa shape index (κ1) is 17.5. The maximum absolute atomic E-state index is 12.1. The number of ether oxygens (including phenoxy) is 1. The summed E-state index contributed by atoms with van der Waals surface area (Å²) in [5.41, 5.74) is 0. The fraction of sp³-hybridized carbons (Fsp3) is 0.933. The number of aliphatic imine (C=N–C) groups is 1. The number of sulfone groups is 1. The van der Waals surface area contributed by atoms with Gasteiger partial charge in [-0.2, -0.15) is 0 Å². The van der Waals surface area contributed by atoms with Crippen molar-refractivity contribution in [3.63, 3.8) is 0 Å². The molecule has 0 aromatic rings. The van der Waals surface area contributed by atoms with E-state index in [1.807, 2.05) is 4.90 Å². The summed E-state index contributed by atoms with van der Waals surface area (Å²) in [6.07, 6.45) is 5.32. The van der Waals surface area contributed by atoms with Crippen LogP contribution in [0.25, 0.3) is 0 Å². The lowest BCUT2D eigenvalue weighted by atomic mass is 10.2. The van der Waals surface area contributed by atoms with Crippen molar-refractivity contribution < 1.29 is 13.2 Å². The predicted octanol–water partition coefficient (Wildman–Crippen LogP) is 1.03. The molecule has 1 aliphatic carbocycles. The Morgan fingerprint density at radius 2 is 2.05 bits per heavy atom. The Bertz CT molecular complexity index is 496. The molecule has 0 aromatic carbocycles. The molecule has 1 aliphatic heterocycles. The van der Waals surface area contributed by atoms with Crippen LogP contribution in [-0.4, -0.2) is 69.2 Å². The second kappa shape index (κ2) is 7.17. The van der Waals surface area contributed by atoms with Gasteiger partial charge in [0, 0.05) is 26.7 Å². The summed E-state index contributed by atoms with van der Waals surface area (Å²) in [4.78, 5) is 6.30. The lowest BCUT2D eigenvalue weighted by Gasteiger charge is -2.39. The SMILES string of the molecule is CN=C(NCCOC1CCCC1)N1CCS(=O)(=O)C(C)(C)C1. The van der Waals surface area contributed by atoms with Crippen LogP contribution in [0.1, 0.15) is 39.5 Å². The molecule has 2 rings (SSSR count). The Morgan fingerprint density at radius 1 is 1.36 bits per heavy atom. The molecule has 7 heteroatoms. The third-order valence-electron chi connectivity index (χ3n) is 4.60. The van der Waals surface area contributed by atoms with Crippen molar-refractivity contribution in [3.8, 4) is 0 Å². The van der Waals surface area contributed by atoms with Crippen LogP contribution in [0, 0.1) is 0 Å². The van der Waals surface area contributed by atoms with E-state index in [0.717, 1.165) is 5.96 Å². The summed E-state index contributed by atoms with van der Waals surface area (Å²) in [6.45, 7) is 5.90. The van der Waals surface area contributed by atoms with E-state index in [-0.39, 0.29) is 5.75 Å². The molecule has 1 saturated heterocycles. The second-order valence-corrected chi connectivity index (χ2v) is 9.49. The maximum Gasteiger partial charge on any atom is 0.193 e. The van der Waals surface area contributed by atoms with Crippen LogP contribution in [0.3, 0.4) is 0 Å². The second-order valence-electron chi connectivity index (χ2n) is 6.75. The van der Waals surface area contributed by atoms with Gasteiger partial charge in [-0.05, 0) is 26.7 Å². The number of hydrogen-bond acceptors (Lipinski definition) is 4. The van der Waals surface area contributed by atoms with Gasteiger partial charge < -0.3 is 15.0 Å². The van der Waals surface area contributed by atoms with E-state index in [4.69, 9.17) is 4.74 Å². The smallest absolute Gasteiger partial charge is 0.193 e. The Hall–Kier alpha value is -0.820. The van der Waals surface area contributed by atoms with E-state index >= 15 is 0 Å². The summed E-state index contributed by atoms with van der Waals surface area (Å²) in [5, 5.41) is 3.28. The molecule has 128 valence electrons. The topological polar surface area (TPSA) is 71.0 Å². The first-order valence-electron chi connectivity index (χ1n) is 8.15. The molecule has 2 aliphatic rings. The van der Waals surface area contributed by atoms with Crippen LogP contribution >= 0.6 is 0 Å². The minimum absolute atomic E-state index is 0.180. The van der Waals surface area contributed by atoms with Crippen LogP contribution < -0.4 is 5.32 Å². The van der Waals surface area contributed by atoms with Crippen molar-refractivity contribution in [2.24, 2.45) is 4.99 Å². The van der Waals surface area contributed by atoms with Gasteiger partial charge in [-0.3, -0.25) is 4.99 Å². The molecule has 2 fully saturated rings. The molecular formula is C15H29N3O3S. The van der Waals surface area contributed by atoms with Crippen molar-refractivity contribution >= 4 is 15.8 Å². The first-order valence-corrected chi connectivity index (χ1v) is 9.80. The normalized spacial score (nSPS) is 25.4. The fourth-order valence-corrected chi connectivity index (χ4v) is 4.47. The zero-order valence-corrected chi connectivity index (χ0v) is 14.8. The molecule has 0 spiro atoms. The van der Waals surface area contributed by atoms with Gasteiger partial charge >= 0.3 is 0 Å². The monoisotopic (exact) mass is 331 g/mol. The Morgan fingerprint density at radius 3 is 2.64 bits per heavy atom. The highest BCUT2D eigenvalue weighted by Crippen LogP contribution is 2.23. The maximum atomic E-state index is 12.1. The zero-order valence-electron chi connectivity index (χ0n) is 14.0. The molecule has 1 N–H and O–H groups in total. The molecule has 6 nitrogen and oxygen atoms in total. The molecule has 0 amide bonds. The van der Waals surface area contributed by atoms with E-state index in [0.29, 0.717) is 32.3 Å². The van der Waals surface area contributed by atoms with Crippen LogP contribution in [0.5, 0.6) is 0 Å². The largest absolute Gasteiger partial charge is 0.376 e. The van der Waals surface area contributed by atoms with Gasteiger partial charge in [0.25, 0.3) is 0 Å². The minimum Gasteiger partial charge on any atom is -0.376 e. The Kier molecular flexibility index (Phi) is 5.71. The molecule has 0 radical (unpaired) electrons. The fourth-order valence-electron chi connectivity index (χ4n) is 3.10. The lowest BCUT2D eigenvalue weighted by Crippen LogP contribution is -2.57. The van der Waals surface area contributed by atoms with E-state index in [1.54, 1.807) is 20.9 Å². The third-order valence-corrected chi connectivity index (χ3v) is 7.13. The summed E-state index contributed by atoms with van der Waals surface area (Å²) in [7, 11) is -1.29. The van der Waals surface area contributed by atoms with E-state index in [1.165, 1.54) is 25.7 Å². The molecule has 0 bridgehead atoms. The van der Waals surface area contributed by atoms with E-state index < -0.39 is 14.6 Å². The third kappa shape index (κ3) is 4.13. The summed E-state index contributed by atoms with van der Waals surface area (Å²) in [5.74, 6) is 0.942. The zero-order chi connectivity index (χ0) is 16.2. The number of guanidine groups is 1. The highest BCUT2D eigenvalue weighted by atomic mass is 32.2. The van der Waals surface area contributed by atoms with Crippen molar-refractivity contribution in [2.45, 2.75) is 50.4 Å². The van der Waals surface area contributed by atoms with Crippen LogP contribution in [0.4, 0.5) is 0 Å². The highest BCUT2D eigenvalue weighted by Gasteiger charge is 2.40. The Balaban J connectivity index is 1.79. The number of nitrogens with zero attached hydrogens (tertiary/aromatic N) is 2. The van der Waals surface area contributed by atoms with Crippen molar-refractivity contribution in [2.75, 3.05) is 39.0 Å². The summed E-state index contributed by atoms with van der Waals surface area (Å²) >= 11 is 0. The molecule has 22 heavy (non-hydrogen) atoms. The van der Waals surface area contributed by atoms with Crippen molar-refractivity contribution in [1.82, 2.24) is 10.2 Å². The number of nitrogens with one attached hydrogen (secondary N) is 1. The van der Waals surface area contributed by atoms with E-state index in [9.17, 15) is 8.42 Å². The number of hydrogen-bond donors (Lipinski definition) is 1. The minimum atomic E-state index is -3.02. The molecule has 1 saturated carbocycles. The molecular weight excluding hydrogens is 302 g/mol. The quantitative estimate of drug-likeness (QED) is 0.473. The van der Waals surface area contributed by atoms with Crippen molar-refractivity contribution in [3.05, 3.63) is 0 Å². The molecule has 0 unspecified atom stereocenters. The van der Waals surface area contributed by atoms with Gasteiger partial charge in [-0.15, -0.1) is 0 Å². The van der Waals surface area contributed by atoms with Crippen LogP contribution in [0.2, 0.25) is 0 Å². The van der Waals surface area contributed by atoms with Gasteiger partial charge in [0.1, 0.15) is 0 Å². The summed E-state index contributed by atoms with van der Waals surface area (Å²) < 4.78 is 29.2. The Labute approximate surface area is 134 Å². The van der Waals surface area contributed by atoms with Gasteiger partial charge in [-0.25, -0.2) is 8.42 Å². The first-order chi connectivity index (χ1) is 10.4. The van der Waals surface area contributed by atoms with Gasteiger partial charge in [-0.1, -0.05) is 12.8 Å². The average Bonchev–Trinajstić information content (AvgIpc) is 2.95. The standard InChI is InChI=1S/C15H29N3O3S/c1-15(2)12-18(9-11-22(15,19)20)14(16-3)17-8-10-21-13-6-4-5-7-13/h13H,4-12H2,1-3H3,(H,16,17). The van der Waals surface area contributed by atoms with Crippen LogP contribution in [0.15, 0.2) is 4.99 Å². The van der Waals surface area contributed by atoms with Gasteiger partial charge in [0.15, 0.2) is 15.8 Å². The van der Waals surface area contributed by atoms with Crippen LogP contribution in [-0.2, 0) is 14.6 Å². The lowest BCUT2D eigenvalue weighted by molar-refractivity contribution is 0.0619. The summed E-state index contributed by atoms with van der Waals surface area (Å²) in [6, 6.07) is 0. The average molecular weight is 331 g/mol. The predicted molar refractivity (Wildman–Crippen MR) is 89.0 cm³/mol. The molecule has 0 atom stereocenters. The van der Waals surface area contributed by atoms with E-state index in [2.05, 4.69) is 10.3 Å². The highest BCUT2D eigenvalue weighted by molar-refractivity contribution is 7.92. The van der Waals surface area contributed by atoms with Gasteiger partial charge in [0.2, 0.25) is 0 Å². The molecule has 1 heterocycles. The van der Waals surface area contributed by atoms with Gasteiger partial charge in [0.05, 0.1) is 23.2 Å². The number of rotatable bonds is 4. The van der Waals surface area contributed by atoms with Crippen molar-refractivity contribution in [1.29, 1.82) is 0 Å².